The van der Waals surface area contributed by atoms with Crippen LogP contribution in [0.1, 0.15) is 44.9 Å². The summed E-state index contributed by atoms with van der Waals surface area (Å²) in [5, 5.41) is 8.16. The van der Waals surface area contributed by atoms with E-state index in [9.17, 15) is 32.8 Å². The lowest BCUT2D eigenvalue weighted by Gasteiger charge is -2.29. The number of hydrogen-bond donors (Lipinski definition) is 3. The molecule has 2 aromatic rings. The minimum Gasteiger partial charge on any atom is -0.484 e. The van der Waals surface area contributed by atoms with Crippen LogP contribution in [0.3, 0.4) is 0 Å². The van der Waals surface area contributed by atoms with Crippen LogP contribution in [0.2, 0.25) is 0 Å². The van der Waals surface area contributed by atoms with Crippen molar-refractivity contribution in [1.29, 1.82) is 0 Å². The van der Waals surface area contributed by atoms with E-state index in [1.807, 2.05) is 0 Å². The van der Waals surface area contributed by atoms with E-state index in [1.54, 1.807) is 24.3 Å². The number of halogens is 2. The number of amides is 4. The second-order valence-electron chi connectivity index (χ2n) is 12.5. The van der Waals surface area contributed by atoms with Gasteiger partial charge < -0.3 is 25.6 Å². The molecule has 6 rings (SSSR count). The molecule has 2 aliphatic carbocycles. The first kappa shape index (κ1) is 30.7. The van der Waals surface area contributed by atoms with Crippen LogP contribution in [-0.2, 0) is 24.0 Å². The maximum absolute atomic E-state index is 14.2. The number of carbonyl (C=O) groups excluding carboxylic acids is 5. The largest absolute Gasteiger partial charge is 0.484 e. The van der Waals surface area contributed by atoms with Gasteiger partial charge in [-0.1, -0.05) is 18.6 Å². The number of nitrogens with one attached hydrogen (secondary N) is 3. The minimum absolute atomic E-state index is 0.00415. The summed E-state index contributed by atoms with van der Waals surface area (Å²) >= 11 is 0. The van der Waals surface area contributed by atoms with E-state index in [2.05, 4.69) is 16.0 Å². The summed E-state index contributed by atoms with van der Waals surface area (Å²) in [4.78, 5) is 67.0. The Balaban J connectivity index is 1.13. The fourth-order valence-corrected chi connectivity index (χ4v) is 6.87. The zero-order valence-corrected chi connectivity index (χ0v) is 24.7. The molecule has 0 aromatic heterocycles. The maximum atomic E-state index is 14.2. The average molecular weight is 623 g/mol. The highest BCUT2D eigenvalue weighted by Gasteiger charge is 2.50. The molecule has 0 unspecified atom stereocenters. The number of Topliss-reactive ketones (excluding diaryl/α,β-unsaturated/α-hetero) is 1. The number of fused-ring (bicyclic) bond motifs is 1. The summed E-state index contributed by atoms with van der Waals surface area (Å²) in [5.41, 5.74) is 0.743. The summed E-state index contributed by atoms with van der Waals surface area (Å²) in [6, 6.07) is 7.62. The predicted octanol–water partition coefficient (Wildman–Crippen LogP) is 2.50. The Kier molecular flexibility index (Phi) is 8.82. The van der Waals surface area contributed by atoms with E-state index in [-0.39, 0.29) is 42.4 Å². The van der Waals surface area contributed by atoms with Crippen molar-refractivity contribution in [3.63, 3.8) is 0 Å². The fraction of sp³-hybridized carbons (Fsp3) is 0.485. The van der Waals surface area contributed by atoms with Crippen LogP contribution in [0.25, 0.3) is 11.1 Å². The van der Waals surface area contributed by atoms with E-state index in [1.165, 1.54) is 17.0 Å². The third-order valence-corrected chi connectivity index (χ3v) is 9.39. The number of ether oxygens (including phenoxy) is 1. The van der Waals surface area contributed by atoms with E-state index in [4.69, 9.17) is 4.74 Å². The van der Waals surface area contributed by atoms with Crippen molar-refractivity contribution in [3.05, 3.63) is 54.1 Å². The number of carbonyl (C=O) groups is 5. The molecule has 2 saturated carbocycles. The molecule has 238 valence electrons. The molecular formula is C33H36F2N4O6. The minimum atomic E-state index is -1.19. The molecule has 3 N–H and O–H groups in total. The Morgan fingerprint density at radius 1 is 1.00 bits per heavy atom. The molecule has 4 aliphatic rings. The molecular weight excluding hydrogens is 586 g/mol. The summed E-state index contributed by atoms with van der Waals surface area (Å²) in [5.74, 6) is -4.18. The Hall–Kier alpha value is -4.35. The molecule has 12 heteroatoms. The van der Waals surface area contributed by atoms with Gasteiger partial charge in [-0.05, 0) is 80.2 Å². The smallest absolute Gasteiger partial charge is 0.289 e. The van der Waals surface area contributed by atoms with Crippen molar-refractivity contribution in [2.24, 2.45) is 17.8 Å². The topological polar surface area (TPSA) is 134 Å². The van der Waals surface area contributed by atoms with Crippen LogP contribution >= 0.6 is 0 Å². The molecule has 4 amide bonds. The van der Waals surface area contributed by atoms with Crippen LogP contribution in [-0.4, -0.2) is 72.1 Å². The standard InChI is InChI=1S/C33H36F2N4O6/c34-21-6-11-24(26(35)15-21)18-4-9-23(10-5-18)45-17-28(40)39-16-20-2-1-3-25(20)29(39)32(43)38-27(14-19-12-13-36-31(19)42)30(41)33(44)37-22-7-8-22/h4-6,9-11,15,19-20,22,25,27,29H,1-3,7-8,12-14,16-17H2,(H,36,42)(H,37,44)(H,38,43)/t19-,20-,25-,27-,29-/m0/s1. The SMILES string of the molecule is O=C(NC1CC1)C(=O)[C@H](C[C@@H]1CCNC1=O)NC(=O)[C@@H]1[C@H]2CCC[C@H]2CN1C(=O)COc1ccc(-c2ccc(F)cc2F)cc1. The molecule has 2 saturated heterocycles. The molecule has 5 atom stereocenters. The van der Waals surface area contributed by atoms with Gasteiger partial charge in [-0.15, -0.1) is 0 Å². The number of hydrogen-bond acceptors (Lipinski definition) is 6. The second kappa shape index (κ2) is 12.9. The van der Waals surface area contributed by atoms with Gasteiger partial charge in [0.2, 0.25) is 17.6 Å². The van der Waals surface area contributed by atoms with Crippen LogP contribution in [0.5, 0.6) is 5.75 Å². The van der Waals surface area contributed by atoms with Gasteiger partial charge >= 0.3 is 0 Å². The molecule has 45 heavy (non-hydrogen) atoms. The molecule has 2 aromatic carbocycles. The first-order chi connectivity index (χ1) is 21.7. The first-order valence-corrected chi connectivity index (χ1v) is 15.6. The summed E-state index contributed by atoms with van der Waals surface area (Å²) in [7, 11) is 0. The third-order valence-electron chi connectivity index (χ3n) is 9.39. The molecule has 2 aliphatic heterocycles. The number of benzene rings is 2. The van der Waals surface area contributed by atoms with E-state index < -0.39 is 53.1 Å². The zero-order chi connectivity index (χ0) is 31.7. The second-order valence-corrected chi connectivity index (χ2v) is 12.5. The number of nitrogens with zero attached hydrogens (tertiary/aromatic N) is 1. The van der Waals surface area contributed by atoms with Crippen LogP contribution in [0.15, 0.2) is 42.5 Å². The predicted molar refractivity (Wildman–Crippen MR) is 157 cm³/mol. The summed E-state index contributed by atoms with van der Waals surface area (Å²) < 4.78 is 33.2. The van der Waals surface area contributed by atoms with Gasteiger partial charge in [-0.2, -0.15) is 0 Å². The maximum Gasteiger partial charge on any atom is 0.289 e. The lowest BCUT2D eigenvalue weighted by molar-refractivity contribution is -0.143. The van der Waals surface area contributed by atoms with Crippen molar-refractivity contribution in [3.8, 4) is 16.9 Å². The molecule has 2 heterocycles. The van der Waals surface area contributed by atoms with E-state index in [0.29, 0.717) is 30.8 Å². The van der Waals surface area contributed by atoms with Gasteiger partial charge in [0.05, 0.1) is 6.04 Å². The highest BCUT2D eigenvalue weighted by Crippen LogP contribution is 2.42. The molecule has 0 bridgehead atoms. The molecule has 0 radical (unpaired) electrons. The Bertz CT molecular complexity index is 1500. The van der Waals surface area contributed by atoms with Gasteiger partial charge in [0.25, 0.3) is 11.8 Å². The normalized spacial score (nSPS) is 24.5. The summed E-state index contributed by atoms with van der Waals surface area (Å²) in [6.07, 6.45) is 4.63. The van der Waals surface area contributed by atoms with E-state index in [0.717, 1.165) is 38.2 Å². The third kappa shape index (κ3) is 6.84. The number of ketones is 1. The monoisotopic (exact) mass is 622 g/mol. The summed E-state index contributed by atoms with van der Waals surface area (Å²) in [6.45, 7) is 0.495. The fourth-order valence-electron chi connectivity index (χ4n) is 6.87. The van der Waals surface area contributed by atoms with Crippen molar-refractivity contribution in [1.82, 2.24) is 20.9 Å². The average Bonchev–Trinajstić information content (AvgIpc) is 3.37. The molecule has 0 spiro atoms. The van der Waals surface area contributed by atoms with Crippen molar-refractivity contribution < 1.29 is 37.5 Å². The van der Waals surface area contributed by atoms with Crippen molar-refractivity contribution in [2.75, 3.05) is 19.7 Å². The first-order valence-electron chi connectivity index (χ1n) is 15.6. The Morgan fingerprint density at radius 2 is 1.78 bits per heavy atom. The molecule has 10 nitrogen and oxygen atoms in total. The van der Waals surface area contributed by atoms with Gasteiger partial charge in [0, 0.05) is 36.7 Å². The van der Waals surface area contributed by atoms with Gasteiger partial charge in [-0.3, -0.25) is 24.0 Å². The van der Waals surface area contributed by atoms with Crippen LogP contribution in [0.4, 0.5) is 8.78 Å². The van der Waals surface area contributed by atoms with Gasteiger partial charge in [0.1, 0.15) is 23.4 Å². The highest BCUT2D eigenvalue weighted by atomic mass is 19.1. The van der Waals surface area contributed by atoms with Crippen molar-refractivity contribution >= 4 is 29.4 Å². The van der Waals surface area contributed by atoms with Gasteiger partial charge in [-0.25, -0.2) is 8.78 Å². The van der Waals surface area contributed by atoms with Crippen LogP contribution < -0.4 is 20.7 Å². The highest BCUT2D eigenvalue weighted by molar-refractivity contribution is 6.38. The van der Waals surface area contributed by atoms with E-state index >= 15 is 0 Å². The number of likely N-dealkylation sites (tertiary alicyclic amines) is 1. The van der Waals surface area contributed by atoms with Crippen LogP contribution in [0, 0.1) is 29.4 Å². The quantitative estimate of drug-likeness (QED) is 0.330. The lowest BCUT2D eigenvalue weighted by Crippen LogP contribution is -2.55. The number of rotatable bonds is 11. The van der Waals surface area contributed by atoms with Crippen molar-refractivity contribution in [2.45, 2.75) is 63.1 Å². The van der Waals surface area contributed by atoms with Gasteiger partial charge in [0.15, 0.2) is 6.61 Å². The molecule has 4 fully saturated rings. The lowest BCUT2D eigenvalue weighted by atomic mass is 9.91. The Labute approximate surface area is 259 Å². The Morgan fingerprint density at radius 3 is 2.47 bits per heavy atom. The zero-order valence-electron chi connectivity index (χ0n) is 24.7.